The zero-order valence-electron chi connectivity index (χ0n) is 24.5. The first-order chi connectivity index (χ1) is 19.5. The van der Waals surface area contributed by atoms with E-state index >= 15 is 0 Å². The van der Waals surface area contributed by atoms with Crippen LogP contribution in [0.3, 0.4) is 0 Å². The highest BCUT2D eigenvalue weighted by atomic mass is 32.2. The average Bonchev–Trinajstić information content (AvgIpc) is 2.93. The van der Waals surface area contributed by atoms with Crippen molar-refractivity contribution in [2.75, 3.05) is 30.3 Å². The Balaban J connectivity index is 2.08. The Bertz CT molecular complexity index is 1410. The number of aryl methyl sites for hydroxylation is 1. The maximum atomic E-state index is 14.2. The van der Waals surface area contributed by atoms with Gasteiger partial charge in [0.25, 0.3) is 0 Å². The van der Waals surface area contributed by atoms with E-state index in [4.69, 9.17) is 4.74 Å². The summed E-state index contributed by atoms with van der Waals surface area (Å²) in [6, 6.07) is 23.0. The number of hydrogen-bond donors (Lipinski definition) is 1. The molecule has 220 valence electrons. The highest BCUT2D eigenvalue weighted by molar-refractivity contribution is 7.92. The summed E-state index contributed by atoms with van der Waals surface area (Å²) in [7, 11) is -3.89. The first kappa shape index (κ1) is 31.7. The smallest absolute Gasteiger partial charge is 0.244 e. The Morgan fingerprint density at radius 1 is 0.927 bits per heavy atom. The molecule has 1 N–H and O–H groups in total. The highest BCUT2D eigenvalue weighted by Gasteiger charge is 2.34. The first-order valence-electron chi connectivity index (χ1n) is 13.9. The third-order valence-corrected chi connectivity index (χ3v) is 7.80. The number of nitrogens with one attached hydrogen (secondary N) is 1. The Morgan fingerprint density at radius 3 is 2.20 bits per heavy atom. The number of benzene rings is 3. The Hall–Kier alpha value is -3.85. The van der Waals surface area contributed by atoms with Gasteiger partial charge in [-0.05, 0) is 48.6 Å². The summed E-state index contributed by atoms with van der Waals surface area (Å²) in [5, 5.41) is 2.99. The molecule has 0 spiro atoms. The van der Waals surface area contributed by atoms with Crippen LogP contribution in [-0.4, -0.2) is 57.1 Å². The third kappa shape index (κ3) is 9.08. The molecule has 0 aliphatic heterocycles. The van der Waals surface area contributed by atoms with Crippen LogP contribution in [0, 0.1) is 12.8 Å². The Kier molecular flexibility index (Phi) is 11.3. The summed E-state index contributed by atoms with van der Waals surface area (Å²) >= 11 is 0. The maximum absolute atomic E-state index is 14.2. The van der Waals surface area contributed by atoms with Gasteiger partial charge in [0, 0.05) is 19.5 Å². The third-order valence-electron chi connectivity index (χ3n) is 6.67. The summed E-state index contributed by atoms with van der Waals surface area (Å²) in [5.74, 6) is -0.211. The zero-order valence-corrected chi connectivity index (χ0v) is 25.4. The van der Waals surface area contributed by atoms with E-state index in [9.17, 15) is 18.0 Å². The van der Waals surface area contributed by atoms with Gasteiger partial charge in [-0.3, -0.25) is 13.9 Å². The van der Waals surface area contributed by atoms with Crippen LogP contribution >= 0.6 is 0 Å². The molecule has 0 radical (unpaired) electrons. The van der Waals surface area contributed by atoms with Crippen molar-refractivity contribution >= 4 is 27.5 Å². The quantitative estimate of drug-likeness (QED) is 0.302. The van der Waals surface area contributed by atoms with Gasteiger partial charge in [0.2, 0.25) is 21.8 Å². The molecule has 0 saturated heterocycles. The topological polar surface area (TPSA) is 96.0 Å². The van der Waals surface area contributed by atoms with Crippen molar-refractivity contribution in [3.05, 3.63) is 95.6 Å². The molecule has 3 rings (SSSR count). The van der Waals surface area contributed by atoms with Crippen molar-refractivity contribution in [1.82, 2.24) is 10.2 Å². The van der Waals surface area contributed by atoms with Gasteiger partial charge in [0.05, 0.1) is 18.6 Å². The molecule has 3 aromatic carbocycles. The van der Waals surface area contributed by atoms with E-state index in [2.05, 4.69) is 5.32 Å². The predicted molar refractivity (Wildman–Crippen MR) is 163 cm³/mol. The van der Waals surface area contributed by atoms with E-state index < -0.39 is 28.5 Å². The van der Waals surface area contributed by atoms with E-state index in [-0.39, 0.29) is 30.5 Å². The zero-order chi connectivity index (χ0) is 30.0. The summed E-state index contributed by atoms with van der Waals surface area (Å²) < 4.78 is 32.8. The lowest BCUT2D eigenvalue weighted by molar-refractivity contribution is -0.140. The average molecular weight is 580 g/mol. The van der Waals surface area contributed by atoms with Gasteiger partial charge < -0.3 is 15.0 Å². The molecule has 8 nitrogen and oxygen atoms in total. The van der Waals surface area contributed by atoms with E-state index in [1.165, 1.54) is 4.90 Å². The summed E-state index contributed by atoms with van der Waals surface area (Å²) in [6.07, 6.45) is 1.34. The molecule has 1 atom stereocenters. The van der Waals surface area contributed by atoms with Crippen LogP contribution in [-0.2, 0) is 32.6 Å². The molecule has 0 aliphatic rings. The van der Waals surface area contributed by atoms with Crippen LogP contribution < -0.4 is 14.4 Å². The van der Waals surface area contributed by atoms with Gasteiger partial charge in [-0.15, -0.1) is 0 Å². The highest BCUT2D eigenvalue weighted by Crippen LogP contribution is 2.30. The van der Waals surface area contributed by atoms with Crippen LogP contribution in [0.15, 0.2) is 78.9 Å². The van der Waals surface area contributed by atoms with Gasteiger partial charge in [-0.25, -0.2) is 8.42 Å². The molecule has 41 heavy (non-hydrogen) atoms. The van der Waals surface area contributed by atoms with Crippen molar-refractivity contribution in [3.8, 4) is 5.75 Å². The number of para-hydroxylation sites is 2. The number of carbonyl (C=O) groups excluding carboxylic acids is 2. The minimum Gasteiger partial charge on any atom is -0.492 e. The van der Waals surface area contributed by atoms with E-state index in [1.54, 1.807) is 31.2 Å². The second-order valence-electron chi connectivity index (χ2n) is 10.5. The van der Waals surface area contributed by atoms with E-state index in [1.807, 2.05) is 75.4 Å². The van der Waals surface area contributed by atoms with Gasteiger partial charge in [-0.2, -0.15) is 0 Å². The normalized spacial score (nSPS) is 12.0. The van der Waals surface area contributed by atoms with Crippen molar-refractivity contribution in [2.45, 2.75) is 46.7 Å². The number of hydrogen-bond acceptors (Lipinski definition) is 5. The van der Waals surface area contributed by atoms with Gasteiger partial charge in [-0.1, -0.05) is 80.6 Å². The lowest BCUT2D eigenvalue weighted by Crippen LogP contribution is -2.53. The van der Waals surface area contributed by atoms with Gasteiger partial charge in [0.1, 0.15) is 18.3 Å². The van der Waals surface area contributed by atoms with Crippen LogP contribution in [0.1, 0.15) is 37.5 Å². The Morgan fingerprint density at radius 2 is 1.56 bits per heavy atom. The van der Waals surface area contributed by atoms with E-state index in [0.29, 0.717) is 18.9 Å². The second-order valence-corrected chi connectivity index (χ2v) is 12.4. The van der Waals surface area contributed by atoms with Crippen molar-refractivity contribution in [3.63, 3.8) is 0 Å². The van der Waals surface area contributed by atoms with Crippen molar-refractivity contribution < 1.29 is 22.7 Å². The van der Waals surface area contributed by atoms with Gasteiger partial charge >= 0.3 is 0 Å². The molecule has 0 fully saturated rings. The van der Waals surface area contributed by atoms with Crippen molar-refractivity contribution in [2.24, 2.45) is 5.92 Å². The van der Waals surface area contributed by atoms with Gasteiger partial charge in [0.15, 0.2) is 0 Å². The number of amides is 2. The number of nitrogens with zero attached hydrogens (tertiary/aromatic N) is 2. The minimum absolute atomic E-state index is 0.142. The standard InChI is InChI=1S/C32H41N3O5S/c1-6-40-30-19-13-12-18-28(30)35(41(5,38)39)23-31(36)34(22-27-17-11-10-14-25(27)4)29(32(37)33-21-24(2)3)20-26-15-8-7-9-16-26/h7-19,24,29H,6,20-23H2,1-5H3,(H,33,37)/t29-/m1/s1. The van der Waals surface area contributed by atoms with Crippen LogP contribution in [0.25, 0.3) is 0 Å². The molecule has 0 aromatic heterocycles. The summed E-state index contributed by atoms with van der Waals surface area (Å²) in [4.78, 5) is 29.4. The number of anilines is 1. The minimum atomic E-state index is -3.89. The lowest BCUT2D eigenvalue weighted by Gasteiger charge is -2.34. The molecule has 0 heterocycles. The van der Waals surface area contributed by atoms with Crippen LogP contribution in [0.4, 0.5) is 5.69 Å². The molecule has 0 aliphatic carbocycles. The molecule has 3 aromatic rings. The number of rotatable bonds is 14. The molecule has 2 amide bonds. The molecule has 9 heteroatoms. The molecular formula is C32H41N3O5S. The Labute approximate surface area is 244 Å². The molecule has 0 saturated carbocycles. The second kappa shape index (κ2) is 14.7. The van der Waals surface area contributed by atoms with E-state index in [0.717, 1.165) is 27.3 Å². The predicted octanol–water partition coefficient (Wildman–Crippen LogP) is 4.57. The lowest BCUT2D eigenvalue weighted by atomic mass is 10.0. The monoisotopic (exact) mass is 579 g/mol. The fourth-order valence-corrected chi connectivity index (χ4v) is 5.34. The fraction of sp³-hybridized carbons (Fsp3) is 0.375. The molecule has 0 bridgehead atoms. The fourth-order valence-electron chi connectivity index (χ4n) is 4.48. The first-order valence-corrected chi connectivity index (χ1v) is 15.7. The summed E-state index contributed by atoms with van der Waals surface area (Å²) in [5.41, 5.74) is 3.00. The van der Waals surface area contributed by atoms with Crippen LogP contribution in [0.2, 0.25) is 0 Å². The number of sulfonamides is 1. The largest absolute Gasteiger partial charge is 0.492 e. The summed E-state index contributed by atoms with van der Waals surface area (Å²) in [6.45, 7) is 8.20. The van der Waals surface area contributed by atoms with Crippen molar-refractivity contribution in [1.29, 1.82) is 0 Å². The number of ether oxygens (including phenoxy) is 1. The number of carbonyl (C=O) groups is 2. The van der Waals surface area contributed by atoms with Crippen LogP contribution in [0.5, 0.6) is 5.75 Å². The molecular weight excluding hydrogens is 538 g/mol. The SMILES string of the molecule is CCOc1ccccc1N(CC(=O)N(Cc1ccccc1C)[C@H](Cc1ccccc1)C(=O)NCC(C)C)S(C)(=O)=O. The maximum Gasteiger partial charge on any atom is 0.244 e. The molecule has 0 unspecified atom stereocenters.